The van der Waals surface area contributed by atoms with Crippen molar-refractivity contribution in [1.29, 1.82) is 0 Å². The minimum atomic E-state index is 0.00412. The van der Waals surface area contributed by atoms with Crippen LogP contribution in [0.3, 0.4) is 0 Å². The predicted molar refractivity (Wildman–Crippen MR) is 63.5 cm³/mol. The van der Waals surface area contributed by atoms with Crippen molar-refractivity contribution in [3.8, 4) is 0 Å². The van der Waals surface area contributed by atoms with E-state index in [4.69, 9.17) is 0 Å². The maximum absolute atomic E-state index is 11.8. The number of hydrogen-bond donors (Lipinski definition) is 2. The van der Waals surface area contributed by atoms with E-state index >= 15 is 0 Å². The highest BCUT2D eigenvalue weighted by atomic mass is 16.1. The van der Waals surface area contributed by atoms with Crippen molar-refractivity contribution in [2.75, 3.05) is 11.9 Å². The average Bonchev–Trinajstić information content (AvgIpc) is 3.10. The van der Waals surface area contributed by atoms with Gasteiger partial charge >= 0.3 is 0 Å². The van der Waals surface area contributed by atoms with E-state index in [1.54, 1.807) is 18.3 Å². The number of anilines is 1. The molecule has 1 fully saturated rings. The van der Waals surface area contributed by atoms with E-state index in [1.165, 1.54) is 0 Å². The summed E-state index contributed by atoms with van der Waals surface area (Å²) in [6, 6.07) is 3.94. The number of carbonyl (C=O) groups excluding carboxylic acids is 1. The van der Waals surface area contributed by atoms with Crippen LogP contribution in [0, 0.1) is 0 Å². The zero-order valence-electron chi connectivity index (χ0n) is 9.49. The molecule has 0 aromatic carbocycles. The van der Waals surface area contributed by atoms with Crippen LogP contribution in [0.4, 0.5) is 5.82 Å². The van der Waals surface area contributed by atoms with Gasteiger partial charge in [0.2, 0.25) is 0 Å². The highest BCUT2D eigenvalue weighted by Crippen LogP contribution is 2.19. The fourth-order valence-electron chi connectivity index (χ4n) is 1.42. The molecule has 1 saturated carbocycles. The van der Waals surface area contributed by atoms with Gasteiger partial charge in [-0.1, -0.05) is 6.92 Å². The largest absolute Gasteiger partial charge is 0.370 e. The van der Waals surface area contributed by atoms with E-state index in [0.29, 0.717) is 11.6 Å². The van der Waals surface area contributed by atoms with Crippen molar-refractivity contribution >= 4 is 11.7 Å². The fraction of sp³-hybridized carbons (Fsp3) is 0.500. The molecule has 0 aliphatic heterocycles. The topological polar surface area (TPSA) is 54.0 Å². The lowest BCUT2D eigenvalue weighted by Crippen LogP contribution is -2.25. The second-order valence-electron chi connectivity index (χ2n) is 4.10. The summed E-state index contributed by atoms with van der Waals surface area (Å²) in [6.45, 7) is 2.97. The van der Waals surface area contributed by atoms with Crippen LogP contribution in [-0.4, -0.2) is 23.5 Å². The molecule has 1 aliphatic carbocycles. The third kappa shape index (κ3) is 2.95. The Morgan fingerprint density at radius 3 is 3.06 bits per heavy atom. The molecule has 1 aromatic rings. The molecule has 2 rings (SSSR count). The summed E-state index contributed by atoms with van der Waals surface area (Å²) in [7, 11) is 0. The minimum absolute atomic E-state index is 0.00412. The highest BCUT2D eigenvalue weighted by molar-refractivity contribution is 5.95. The van der Waals surface area contributed by atoms with Crippen LogP contribution in [0.5, 0.6) is 0 Å². The summed E-state index contributed by atoms with van der Waals surface area (Å²) in [6.07, 6.45) is 4.93. The molecule has 2 N–H and O–H groups in total. The van der Waals surface area contributed by atoms with Crippen molar-refractivity contribution in [3.05, 3.63) is 23.9 Å². The Bertz CT molecular complexity index is 374. The van der Waals surface area contributed by atoms with Gasteiger partial charge < -0.3 is 10.6 Å². The van der Waals surface area contributed by atoms with E-state index < -0.39 is 0 Å². The summed E-state index contributed by atoms with van der Waals surface area (Å²) < 4.78 is 0. The van der Waals surface area contributed by atoms with Crippen LogP contribution in [0.2, 0.25) is 0 Å². The summed E-state index contributed by atoms with van der Waals surface area (Å²) >= 11 is 0. The average molecular weight is 219 g/mol. The van der Waals surface area contributed by atoms with E-state index in [-0.39, 0.29) is 5.91 Å². The maximum Gasteiger partial charge on any atom is 0.251 e. The number of nitrogens with zero attached hydrogens (tertiary/aromatic N) is 1. The molecular formula is C12H17N3O. The zero-order chi connectivity index (χ0) is 11.4. The molecular weight excluding hydrogens is 202 g/mol. The number of nitrogens with one attached hydrogen (secondary N) is 2. The van der Waals surface area contributed by atoms with Gasteiger partial charge in [0.1, 0.15) is 5.82 Å². The summed E-state index contributed by atoms with van der Waals surface area (Å²) in [5.41, 5.74) is 0.681. The van der Waals surface area contributed by atoms with E-state index in [9.17, 15) is 4.79 Å². The van der Waals surface area contributed by atoms with Crippen LogP contribution in [0.15, 0.2) is 18.3 Å². The van der Waals surface area contributed by atoms with Crippen LogP contribution < -0.4 is 10.6 Å². The molecule has 0 bridgehead atoms. The van der Waals surface area contributed by atoms with E-state index in [2.05, 4.69) is 22.5 Å². The smallest absolute Gasteiger partial charge is 0.251 e. The zero-order valence-corrected chi connectivity index (χ0v) is 9.49. The maximum atomic E-state index is 11.8. The first-order valence-electron chi connectivity index (χ1n) is 5.80. The number of rotatable bonds is 5. The van der Waals surface area contributed by atoms with Crippen molar-refractivity contribution in [3.63, 3.8) is 0 Å². The molecule has 4 heteroatoms. The molecule has 1 heterocycles. The summed E-state index contributed by atoms with van der Waals surface area (Å²) in [4.78, 5) is 15.9. The fourth-order valence-corrected chi connectivity index (χ4v) is 1.42. The first kappa shape index (κ1) is 10.9. The number of pyridine rings is 1. The molecule has 0 saturated heterocycles. The third-order valence-electron chi connectivity index (χ3n) is 2.49. The normalized spacial score (nSPS) is 14.6. The summed E-state index contributed by atoms with van der Waals surface area (Å²) in [5.74, 6) is 0.773. The second kappa shape index (κ2) is 4.96. The van der Waals surface area contributed by atoms with Gasteiger partial charge in [-0.3, -0.25) is 4.79 Å². The van der Waals surface area contributed by atoms with Crippen LogP contribution in [-0.2, 0) is 0 Å². The summed E-state index contributed by atoms with van der Waals surface area (Å²) in [5, 5.41) is 6.13. The standard InChI is InChI=1S/C12H17N3O/c1-2-6-13-11-8-9(5-7-14-11)12(16)15-10-3-4-10/h5,7-8,10H,2-4,6H2,1H3,(H,13,14)(H,15,16). The SMILES string of the molecule is CCCNc1cc(C(=O)NC2CC2)ccn1. The van der Waals surface area contributed by atoms with Gasteiger partial charge in [0.15, 0.2) is 0 Å². The Labute approximate surface area is 95.5 Å². The monoisotopic (exact) mass is 219 g/mol. The molecule has 0 unspecified atom stereocenters. The lowest BCUT2D eigenvalue weighted by Gasteiger charge is -2.06. The number of amides is 1. The second-order valence-corrected chi connectivity index (χ2v) is 4.10. The molecule has 16 heavy (non-hydrogen) atoms. The van der Waals surface area contributed by atoms with Gasteiger partial charge in [-0.15, -0.1) is 0 Å². The molecule has 0 radical (unpaired) electrons. The lowest BCUT2D eigenvalue weighted by atomic mass is 10.2. The first-order chi connectivity index (χ1) is 7.79. The van der Waals surface area contributed by atoms with Gasteiger partial charge in [-0.25, -0.2) is 4.98 Å². The Kier molecular flexibility index (Phi) is 3.39. The van der Waals surface area contributed by atoms with Gasteiger partial charge in [-0.05, 0) is 31.4 Å². The number of aromatic nitrogens is 1. The first-order valence-corrected chi connectivity index (χ1v) is 5.80. The van der Waals surface area contributed by atoms with Gasteiger partial charge in [0.25, 0.3) is 5.91 Å². The number of carbonyl (C=O) groups is 1. The Hall–Kier alpha value is -1.58. The quantitative estimate of drug-likeness (QED) is 0.794. The molecule has 1 aliphatic rings. The van der Waals surface area contributed by atoms with Gasteiger partial charge in [0, 0.05) is 24.3 Å². The van der Waals surface area contributed by atoms with Crippen molar-refractivity contribution in [1.82, 2.24) is 10.3 Å². The Morgan fingerprint density at radius 2 is 2.38 bits per heavy atom. The van der Waals surface area contributed by atoms with Crippen LogP contribution >= 0.6 is 0 Å². The molecule has 1 aromatic heterocycles. The molecule has 0 atom stereocenters. The molecule has 1 amide bonds. The molecule has 86 valence electrons. The van der Waals surface area contributed by atoms with E-state index in [0.717, 1.165) is 31.6 Å². The van der Waals surface area contributed by atoms with Crippen molar-refractivity contribution in [2.45, 2.75) is 32.2 Å². The van der Waals surface area contributed by atoms with Gasteiger partial charge in [-0.2, -0.15) is 0 Å². The Balaban J connectivity index is 1.99. The van der Waals surface area contributed by atoms with Gasteiger partial charge in [0.05, 0.1) is 0 Å². The molecule has 0 spiro atoms. The molecule has 4 nitrogen and oxygen atoms in total. The number of hydrogen-bond acceptors (Lipinski definition) is 3. The predicted octanol–water partition coefficient (Wildman–Crippen LogP) is 1.80. The van der Waals surface area contributed by atoms with Crippen LogP contribution in [0.1, 0.15) is 36.5 Å². The Morgan fingerprint density at radius 1 is 1.56 bits per heavy atom. The van der Waals surface area contributed by atoms with E-state index in [1.807, 2.05) is 0 Å². The lowest BCUT2D eigenvalue weighted by molar-refractivity contribution is 0.0951. The highest BCUT2D eigenvalue weighted by Gasteiger charge is 2.23. The van der Waals surface area contributed by atoms with Crippen molar-refractivity contribution < 1.29 is 4.79 Å². The third-order valence-corrected chi connectivity index (χ3v) is 2.49. The minimum Gasteiger partial charge on any atom is -0.370 e. The van der Waals surface area contributed by atoms with Crippen molar-refractivity contribution in [2.24, 2.45) is 0 Å². The van der Waals surface area contributed by atoms with Crippen LogP contribution in [0.25, 0.3) is 0 Å².